The van der Waals surface area contributed by atoms with Gasteiger partial charge in [-0.15, -0.1) is 0 Å². The van der Waals surface area contributed by atoms with E-state index < -0.39 is 109 Å². The van der Waals surface area contributed by atoms with E-state index >= 15 is 0 Å². The maximum atomic E-state index is 13.0. The molecule has 0 saturated carbocycles. The number of carboxylic acid groups (broad SMARTS) is 1. The number of carboxylic acids is 1. The first kappa shape index (κ1) is 42.7. The molecule has 0 spiro atoms. The van der Waals surface area contributed by atoms with Crippen molar-refractivity contribution in [3.8, 4) is 0 Å². The smallest absolute Gasteiger partial charge is 0.322 e. The lowest BCUT2D eigenvalue weighted by Crippen LogP contribution is -2.61. The van der Waals surface area contributed by atoms with E-state index in [1.165, 1.54) is 18.7 Å². The Kier molecular flexibility index (Phi) is 17.6. The number of carbonyl (C=O) groups is 8. The van der Waals surface area contributed by atoms with Gasteiger partial charge in [0.1, 0.15) is 36.8 Å². The minimum Gasteiger partial charge on any atom is -0.480 e. The van der Waals surface area contributed by atoms with Crippen LogP contribution < -0.4 is 37.6 Å². The molecule has 0 unspecified atom stereocenters. The average Bonchev–Trinajstić information content (AvgIpc) is 3.52. The summed E-state index contributed by atoms with van der Waals surface area (Å²) in [4.78, 5) is 101. The van der Waals surface area contributed by atoms with Gasteiger partial charge in [-0.05, 0) is 44.9 Å². The number of nitrogens with two attached hydrogens (primary N) is 1. The number of aliphatic hydroxyl groups excluding tert-OH is 2. The summed E-state index contributed by atoms with van der Waals surface area (Å²) in [5.74, 6) is -6.92. The second kappa shape index (κ2) is 20.2. The van der Waals surface area contributed by atoms with Gasteiger partial charge in [-0.25, -0.2) is 0 Å². The molecule has 1 aliphatic rings. The number of rotatable bonds is 19. The summed E-state index contributed by atoms with van der Waals surface area (Å²) in [5.41, 5.74) is 5.90. The van der Waals surface area contributed by atoms with Gasteiger partial charge >= 0.3 is 5.97 Å². The van der Waals surface area contributed by atoms with E-state index in [1.807, 2.05) is 13.8 Å². The van der Waals surface area contributed by atoms with Crippen molar-refractivity contribution in [2.45, 2.75) is 103 Å². The predicted octanol–water partition coefficient (Wildman–Crippen LogP) is -4.34. The molecule has 0 aromatic carbocycles. The first-order valence-electron chi connectivity index (χ1n) is 16.1. The molecule has 1 saturated heterocycles. The van der Waals surface area contributed by atoms with E-state index in [4.69, 9.17) is 10.8 Å². The minimum atomic E-state index is -1.64. The molecule has 11 N–H and O–H groups in total. The van der Waals surface area contributed by atoms with Crippen LogP contribution in [0.3, 0.4) is 0 Å². The Morgan fingerprint density at radius 1 is 0.776 bits per heavy atom. The molecule has 1 rings (SSSR count). The first-order chi connectivity index (χ1) is 22.8. The van der Waals surface area contributed by atoms with E-state index in [1.54, 1.807) is 13.8 Å². The SMILES string of the molecule is CC(C)C[C@H](NC(=O)[C@@H](N)C(C)C)C(=O)N[C@@H](C)C(=O)N[C@H](C(=O)N[C@@H](CO)C(=O)NCC(=O)N1CCC[C@H]1C(=O)NCC(=O)O)[C@@H](C)O. The maximum Gasteiger partial charge on any atom is 0.322 e. The largest absolute Gasteiger partial charge is 0.480 e. The second-order valence-corrected chi connectivity index (χ2v) is 12.7. The van der Waals surface area contributed by atoms with Gasteiger partial charge in [0, 0.05) is 6.54 Å². The highest BCUT2D eigenvalue weighted by Gasteiger charge is 2.36. The molecule has 1 aliphatic heterocycles. The van der Waals surface area contributed by atoms with Crippen molar-refractivity contribution in [1.82, 2.24) is 36.8 Å². The molecule has 0 radical (unpaired) electrons. The van der Waals surface area contributed by atoms with Crippen LogP contribution in [0, 0.1) is 11.8 Å². The standard InChI is InChI=1S/C30H52N8O11/c1-14(2)10-18(35-29(48)23(31)15(3)4)27(46)34-16(5)25(44)37-24(17(6)40)30(49)36-19(13-39)26(45)32-11-21(41)38-9-7-8-20(38)28(47)33-12-22(42)43/h14-20,23-24,39-40H,7-13,31H2,1-6H3,(H,32,45)(H,33,47)(H,34,46)(H,35,48)(H,36,49)(H,37,44)(H,42,43)/t16-,17+,18-,19-,20-,23-,24-/m0/s1. The Morgan fingerprint density at radius 2 is 1.39 bits per heavy atom. The summed E-state index contributed by atoms with van der Waals surface area (Å²) < 4.78 is 0. The van der Waals surface area contributed by atoms with E-state index in [2.05, 4.69) is 31.9 Å². The van der Waals surface area contributed by atoms with Crippen molar-refractivity contribution >= 4 is 47.3 Å². The molecule has 1 heterocycles. The van der Waals surface area contributed by atoms with E-state index in [0.29, 0.717) is 6.42 Å². The van der Waals surface area contributed by atoms with Crippen LogP contribution in [-0.4, -0.2) is 136 Å². The number of nitrogens with one attached hydrogen (secondary N) is 6. The van der Waals surface area contributed by atoms with Crippen LogP contribution in [0.4, 0.5) is 0 Å². The van der Waals surface area contributed by atoms with Gasteiger partial charge < -0.3 is 57.9 Å². The third-order valence-corrected chi connectivity index (χ3v) is 7.69. The zero-order chi connectivity index (χ0) is 37.6. The fourth-order valence-electron chi connectivity index (χ4n) is 4.80. The lowest BCUT2D eigenvalue weighted by molar-refractivity contribution is -0.141. The summed E-state index contributed by atoms with van der Waals surface area (Å²) in [6.45, 7) is 7.72. The van der Waals surface area contributed by atoms with Crippen LogP contribution in [0.15, 0.2) is 0 Å². The summed E-state index contributed by atoms with van der Waals surface area (Å²) in [6, 6.07) is -7.29. The number of hydrogen-bond donors (Lipinski definition) is 10. The monoisotopic (exact) mass is 700 g/mol. The van der Waals surface area contributed by atoms with Crippen molar-refractivity contribution in [2.24, 2.45) is 17.6 Å². The summed E-state index contributed by atoms with van der Waals surface area (Å²) in [7, 11) is 0. The van der Waals surface area contributed by atoms with Crippen molar-refractivity contribution in [3.63, 3.8) is 0 Å². The third-order valence-electron chi connectivity index (χ3n) is 7.69. The molecule has 278 valence electrons. The second-order valence-electron chi connectivity index (χ2n) is 12.7. The average molecular weight is 701 g/mol. The Hall–Kier alpha value is -4.36. The highest BCUT2D eigenvalue weighted by atomic mass is 16.4. The molecular weight excluding hydrogens is 648 g/mol. The fourth-order valence-corrected chi connectivity index (χ4v) is 4.80. The molecule has 0 aromatic rings. The predicted molar refractivity (Wildman–Crippen MR) is 173 cm³/mol. The Balaban J connectivity index is 2.82. The van der Waals surface area contributed by atoms with Gasteiger partial charge in [0.05, 0.1) is 25.3 Å². The van der Waals surface area contributed by atoms with E-state index in [-0.39, 0.29) is 31.2 Å². The molecule has 7 amide bonds. The lowest BCUT2D eigenvalue weighted by atomic mass is 10.0. The maximum absolute atomic E-state index is 13.0. The number of carbonyl (C=O) groups excluding carboxylic acids is 7. The fraction of sp³-hybridized carbons (Fsp3) is 0.733. The molecule has 49 heavy (non-hydrogen) atoms. The molecule has 0 aliphatic carbocycles. The summed E-state index contributed by atoms with van der Waals surface area (Å²) in [6.07, 6.45) is -0.499. The molecular formula is C30H52N8O11. The topological polar surface area (TPSA) is 299 Å². The molecule has 0 aromatic heterocycles. The van der Waals surface area contributed by atoms with Crippen LogP contribution in [-0.2, 0) is 38.4 Å². The van der Waals surface area contributed by atoms with Gasteiger partial charge in [0.15, 0.2) is 0 Å². The van der Waals surface area contributed by atoms with Crippen LogP contribution in [0.5, 0.6) is 0 Å². The number of aliphatic hydroxyl groups is 2. The highest BCUT2D eigenvalue weighted by Crippen LogP contribution is 2.17. The first-order valence-corrected chi connectivity index (χ1v) is 16.1. The normalized spacial score (nSPS) is 17.9. The van der Waals surface area contributed by atoms with E-state index in [0.717, 1.165) is 0 Å². The minimum absolute atomic E-state index is 0.0114. The Morgan fingerprint density at radius 3 is 1.92 bits per heavy atom. The quantitative estimate of drug-likeness (QED) is 0.0612. The van der Waals surface area contributed by atoms with Gasteiger partial charge in [0.2, 0.25) is 41.4 Å². The van der Waals surface area contributed by atoms with Crippen LogP contribution in [0.2, 0.25) is 0 Å². The molecule has 1 fully saturated rings. The van der Waals surface area contributed by atoms with Gasteiger partial charge in [-0.1, -0.05) is 27.7 Å². The molecule has 19 heteroatoms. The molecule has 19 nitrogen and oxygen atoms in total. The van der Waals surface area contributed by atoms with Crippen LogP contribution in [0.25, 0.3) is 0 Å². The number of likely N-dealkylation sites (tertiary alicyclic amines) is 1. The third kappa shape index (κ3) is 14.0. The Bertz CT molecular complexity index is 1210. The van der Waals surface area contributed by atoms with Gasteiger partial charge in [0.25, 0.3) is 0 Å². The van der Waals surface area contributed by atoms with Crippen molar-refractivity contribution < 1.29 is 53.7 Å². The zero-order valence-corrected chi connectivity index (χ0v) is 28.8. The lowest BCUT2D eigenvalue weighted by Gasteiger charge is -2.27. The van der Waals surface area contributed by atoms with Crippen molar-refractivity contribution in [2.75, 3.05) is 26.2 Å². The van der Waals surface area contributed by atoms with Crippen LogP contribution in [0.1, 0.15) is 60.8 Å². The zero-order valence-electron chi connectivity index (χ0n) is 28.8. The van der Waals surface area contributed by atoms with E-state index in [9.17, 15) is 48.6 Å². The number of amides is 7. The highest BCUT2D eigenvalue weighted by molar-refractivity contribution is 5.97. The Labute approximate surface area is 284 Å². The van der Waals surface area contributed by atoms with Gasteiger partial charge in [-0.2, -0.15) is 0 Å². The van der Waals surface area contributed by atoms with Gasteiger partial charge in [-0.3, -0.25) is 38.4 Å². The number of aliphatic carboxylic acids is 1. The summed E-state index contributed by atoms with van der Waals surface area (Å²) >= 11 is 0. The molecule has 0 bridgehead atoms. The van der Waals surface area contributed by atoms with Crippen LogP contribution >= 0.6 is 0 Å². The molecule has 7 atom stereocenters. The van der Waals surface area contributed by atoms with Crippen molar-refractivity contribution in [3.05, 3.63) is 0 Å². The number of hydrogen-bond acceptors (Lipinski definition) is 11. The summed E-state index contributed by atoms with van der Waals surface area (Å²) in [5, 5.41) is 42.8. The number of nitrogens with zero attached hydrogens (tertiary/aromatic N) is 1. The van der Waals surface area contributed by atoms with Crippen molar-refractivity contribution in [1.29, 1.82) is 0 Å².